The van der Waals surface area contributed by atoms with E-state index in [4.69, 9.17) is 0 Å². The van der Waals surface area contributed by atoms with Crippen LogP contribution < -0.4 is 5.32 Å². The lowest BCUT2D eigenvalue weighted by atomic mass is 10.1. The van der Waals surface area contributed by atoms with E-state index in [0.717, 1.165) is 19.4 Å². The van der Waals surface area contributed by atoms with E-state index < -0.39 is 0 Å². The van der Waals surface area contributed by atoms with Crippen LogP contribution in [0.25, 0.3) is 0 Å². The molecule has 0 amide bonds. The summed E-state index contributed by atoms with van der Waals surface area (Å²) in [5, 5.41) is 3.12. The van der Waals surface area contributed by atoms with Gasteiger partial charge in [0.2, 0.25) is 0 Å². The van der Waals surface area contributed by atoms with E-state index in [-0.39, 0.29) is 0 Å². The fraction of sp³-hybridized carbons (Fsp3) is 0.625. The Kier molecular flexibility index (Phi) is 3.16. The third-order valence-electron chi connectivity index (χ3n) is 1.65. The highest BCUT2D eigenvalue weighted by Gasteiger charge is 1.98. The highest BCUT2D eigenvalue weighted by atomic mass is 14.8. The molecule has 0 atom stereocenters. The fourth-order valence-electron chi connectivity index (χ4n) is 1.02. The van der Waals surface area contributed by atoms with Crippen LogP contribution in [0.4, 0.5) is 0 Å². The first-order valence-corrected chi connectivity index (χ1v) is 3.77. The maximum atomic E-state index is 4.10. The van der Waals surface area contributed by atoms with Gasteiger partial charge in [0.1, 0.15) is 0 Å². The Balaban J connectivity index is 2.25. The molecule has 0 aromatic heterocycles. The van der Waals surface area contributed by atoms with Crippen LogP contribution in [0.5, 0.6) is 0 Å². The van der Waals surface area contributed by atoms with Gasteiger partial charge in [-0.1, -0.05) is 5.57 Å². The van der Waals surface area contributed by atoms with Crippen LogP contribution >= 0.6 is 0 Å². The molecule has 0 radical (unpaired) electrons. The van der Waals surface area contributed by atoms with Crippen LogP contribution in [0.1, 0.15) is 19.3 Å². The van der Waals surface area contributed by atoms with Crippen molar-refractivity contribution in [1.82, 2.24) is 5.32 Å². The zero-order valence-electron chi connectivity index (χ0n) is 6.43. The first-order chi connectivity index (χ1) is 4.93. The third kappa shape index (κ3) is 2.31. The molecule has 0 aromatic rings. The molecule has 1 heterocycles. The van der Waals surface area contributed by atoms with Crippen molar-refractivity contribution in [2.24, 2.45) is 4.99 Å². The largest absolute Gasteiger partial charge is 0.319 e. The average Bonchev–Trinajstić information content (AvgIpc) is 2.03. The quantitative estimate of drug-likeness (QED) is 0.625. The Bertz CT molecular complexity index is 147. The third-order valence-corrected chi connectivity index (χ3v) is 1.65. The van der Waals surface area contributed by atoms with E-state index in [2.05, 4.69) is 10.3 Å². The standard InChI is InChI=1S/C8H14N2/c1-9-6-4-8-3-2-5-10-7-8/h5,7,9H,2-4,6H2,1H3. The van der Waals surface area contributed by atoms with Crippen LogP contribution in [-0.4, -0.2) is 19.8 Å². The van der Waals surface area contributed by atoms with E-state index in [0.29, 0.717) is 0 Å². The fourth-order valence-corrected chi connectivity index (χ4v) is 1.02. The first kappa shape index (κ1) is 7.48. The van der Waals surface area contributed by atoms with Crippen LogP contribution in [0.3, 0.4) is 0 Å². The Labute approximate surface area is 62.0 Å². The van der Waals surface area contributed by atoms with Crippen molar-refractivity contribution in [3.63, 3.8) is 0 Å². The van der Waals surface area contributed by atoms with Gasteiger partial charge in [-0.05, 0) is 32.9 Å². The zero-order valence-corrected chi connectivity index (χ0v) is 6.43. The molecule has 0 saturated carbocycles. The topological polar surface area (TPSA) is 24.4 Å². The summed E-state index contributed by atoms with van der Waals surface area (Å²) in [6, 6.07) is 0. The molecule has 56 valence electrons. The molecule has 1 rings (SSSR count). The second-order valence-corrected chi connectivity index (χ2v) is 2.51. The lowest BCUT2D eigenvalue weighted by Gasteiger charge is -2.06. The first-order valence-electron chi connectivity index (χ1n) is 3.77. The van der Waals surface area contributed by atoms with Gasteiger partial charge < -0.3 is 5.32 Å². The van der Waals surface area contributed by atoms with Crippen molar-refractivity contribution in [2.45, 2.75) is 19.3 Å². The summed E-state index contributed by atoms with van der Waals surface area (Å²) in [5.74, 6) is 0. The lowest BCUT2D eigenvalue weighted by Crippen LogP contribution is -2.08. The molecule has 2 nitrogen and oxygen atoms in total. The molecule has 0 fully saturated rings. The Morgan fingerprint density at radius 2 is 2.60 bits per heavy atom. The van der Waals surface area contributed by atoms with Gasteiger partial charge >= 0.3 is 0 Å². The molecule has 1 N–H and O–H groups in total. The molecule has 0 spiro atoms. The van der Waals surface area contributed by atoms with Crippen molar-refractivity contribution in [2.75, 3.05) is 13.6 Å². The number of hydrogen-bond donors (Lipinski definition) is 1. The minimum absolute atomic E-state index is 1.07. The molecule has 0 bridgehead atoms. The van der Waals surface area contributed by atoms with Crippen molar-refractivity contribution in [3.8, 4) is 0 Å². The highest BCUT2D eigenvalue weighted by molar-refractivity contribution is 5.60. The van der Waals surface area contributed by atoms with Crippen LogP contribution in [0.15, 0.2) is 16.8 Å². The molecule has 1 aliphatic heterocycles. The molecule has 10 heavy (non-hydrogen) atoms. The Hall–Kier alpha value is -0.630. The molecule has 1 aliphatic rings. The monoisotopic (exact) mass is 138 g/mol. The number of nitrogens with one attached hydrogen (secondary N) is 1. The minimum atomic E-state index is 1.07. The van der Waals surface area contributed by atoms with Crippen LogP contribution in [-0.2, 0) is 0 Å². The number of nitrogens with zero attached hydrogens (tertiary/aromatic N) is 1. The summed E-state index contributed by atoms with van der Waals surface area (Å²) in [6.07, 6.45) is 7.43. The summed E-state index contributed by atoms with van der Waals surface area (Å²) in [4.78, 5) is 4.10. The number of rotatable bonds is 3. The van der Waals surface area contributed by atoms with E-state index in [1.54, 1.807) is 0 Å². The van der Waals surface area contributed by atoms with Gasteiger partial charge in [0.15, 0.2) is 0 Å². The summed E-state index contributed by atoms with van der Waals surface area (Å²) in [7, 11) is 1.98. The van der Waals surface area contributed by atoms with Gasteiger partial charge in [0, 0.05) is 12.4 Å². The van der Waals surface area contributed by atoms with Gasteiger partial charge in [-0.15, -0.1) is 0 Å². The van der Waals surface area contributed by atoms with E-state index >= 15 is 0 Å². The maximum absolute atomic E-state index is 4.10. The van der Waals surface area contributed by atoms with Crippen LogP contribution in [0.2, 0.25) is 0 Å². The molecular weight excluding hydrogens is 124 g/mol. The van der Waals surface area contributed by atoms with Crippen LogP contribution in [0, 0.1) is 0 Å². The van der Waals surface area contributed by atoms with E-state index in [1.165, 1.54) is 12.0 Å². The van der Waals surface area contributed by atoms with Crippen molar-refractivity contribution >= 4 is 6.21 Å². The summed E-state index contributed by atoms with van der Waals surface area (Å²) >= 11 is 0. The summed E-state index contributed by atoms with van der Waals surface area (Å²) in [6.45, 7) is 1.07. The van der Waals surface area contributed by atoms with Gasteiger partial charge in [-0.25, -0.2) is 0 Å². The number of hydrogen-bond acceptors (Lipinski definition) is 2. The Morgan fingerprint density at radius 3 is 3.20 bits per heavy atom. The lowest BCUT2D eigenvalue weighted by molar-refractivity contribution is 0.756. The SMILES string of the molecule is CNCCC1=CN=CCC1. The van der Waals surface area contributed by atoms with Crippen molar-refractivity contribution in [1.29, 1.82) is 0 Å². The predicted octanol–water partition coefficient (Wildman–Crippen LogP) is 1.34. The summed E-state index contributed by atoms with van der Waals surface area (Å²) < 4.78 is 0. The van der Waals surface area contributed by atoms with Crippen molar-refractivity contribution < 1.29 is 0 Å². The summed E-state index contributed by atoms with van der Waals surface area (Å²) in [5.41, 5.74) is 1.47. The Morgan fingerprint density at radius 1 is 1.70 bits per heavy atom. The second-order valence-electron chi connectivity index (χ2n) is 2.51. The van der Waals surface area contributed by atoms with Gasteiger partial charge in [-0.3, -0.25) is 4.99 Å². The zero-order chi connectivity index (χ0) is 7.23. The van der Waals surface area contributed by atoms with E-state index in [9.17, 15) is 0 Å². The van der Waals surface area contributed by atoms with E-state index in [1.807, 2.05) is 19.5 Å². The molecule has 0 aromatic carbocycles. The molecular formula is C8H14N2. The number of aliphatic imine (C=N–C) groups is 1. The van der Waals surface area contributed by atoms with Crippen molar-refractivity contribution in [3.05, 3.63) is 11.8 Å². The van der Waals surface area contributed by atoms with Gasteiger partial charge in [0.05, 0.1) is 0 Å². The van der Waals surface area contributed by atoms with Gasteiger partial charge in [-0.2, -0.15) is 0 Å². The smallest absolute Gasteiger partial charge is 0.0256 e. The van der Waals surface area contributed by atoms with Gasteiger partial charge in [0.25, 0.3) is 0 Å². The normalized spacial score (nSPS) is 17.1. The maximum Gasteiger partial charge on any atom is 0.0256 e. The highest BCUT2D eigenvalue weighted by Crippen LogP contribution is 2.11. The second kappa shape index (κ2) is 4.23. The average molecular weight is 138 g/mol. The molecule has 0 aliphatic carbocycles. The molecule has 0 unspecified atom stereocenters. The molecule has 0 saturated heterocycles. The predicted molar refractivity (Wildman–Crippen MR) is 44.4 cm³/mol. The minimum Gasteiger partial charge on any atom is -0.319 e. The molecule has 2 heteroatoms.